The average Bonchev–Trinajstić information content (AvgIpc) is 3.01. The van der Waals surface area contributed by atoms with Crippen LogP contribution in [0.1, 0.15) is 41.5 Å². The van der Waals surface area contributed by atoms with Crippen LogP contribution in [0.15, 0.2) is 30.3 Å². The molecular weight excluding hydrogens is 304 g/mol. The van der Waals surface area contributed by atoms with Crippen molar-refractivity contribution < 1.29 is 9.59 Å². The molecule has 1 fully saturated rings. The van der Waals surface area contributed by atoms with E-state index < -0.39 is 0 Å². The standard InChI is InChI=1S/C18H20N4O2/c1-3-13-11-16(12(2)20-21-13)18(24)19-14-6-4-7-15(10-14)22-9-5-8-17(22)23/h4,6-7,10-11H,3,5,8-9H2,1-2H3,(H,19,24). The molecule has 6 nitrogen and oxygen atoms in total. The van der Waals surface area contributed by atoms with E-state index in [-0.39, 0.29) is 11.8 Å². The van der Waals surface area contributed by atoms with E-state index in [9.17, 15) is 9.59 Å². The Morgan fingerprint density at radius 2 is 2.12 bits per heavy atom. The fraction of sp³-hybridized carbons (Fsp3) is 0.333. The van der Waals surface area contributed by atoms with E-state index in [1.54, 1.807) is 17.9 Å². The highest BCUT2D eigenvalue weighted by atomic mass is 16.2. The fourth-order valence-corrected chi connectivity index (χ4v) is 2.77. The van der Waals surface area contributed by atoms with Crippen LogP contribution in [0.25, 0.3) is 0 Å². The third kappa shape index (κ3) is 3.27. The molecule has 1 aliphatic heterocycles. The zero-order valence-electron chi connectivity index (χ0n) is 13.9. The summed E-state index contributed by atoms with van der Waals surface area (Å²) in [5, 5.41) is 11.0. The predicted octanol–water partition coefficient (Wildman–Crippen LogP) is 2.73. The molecule has 1 aromatic heterocycles. The maximum absolute atomic E-state index is 12.5. The lowest BCUT2D eigenvalue weighted by Gasteiger charge is -2.17. The van der Waals surface area contributed by atoms with Crippen molar-refractivity contribution in [1.82, 2.24) is 10.2 Å². The quantitative estimate of drug-likeness (QED) is 0.938. The highest BCUT2D eigenvalue weighted by Crippen LogP contribution is 2.24. The van der Waals surface area contributed by atoms with Gasteiger partial charge < -0.3 is 10.2 Å². The third-order valence-electron chi connectivity index (χ3n) is 4.13. The number of hydrogen-bond donors (Lipinski definition) is 1. The van der Waals surface area contributed by atoms with Crippen molar-refractivity contribution >= 4 is 23.2 Å². The van der Waals surface area contributed by atoms with Crippen molar-refractivity contribution in [3.63, 3.8) is 0 Å². The number of nitrogens with one attached hydrogen (secondary N) is 1. The van der Waals surface area contributed by atoms with E-state index in [2.05, 4.69) is 15.5 Å². The Hall–Kier alpha value is -2.76. The molecular formula is C18H20N4O2. The van der Waals surface area contributed by atoms with Gasteiger partial charge in [0.25, 0.3) is 5.91 Å². The summed E-state index contributed by atoms with van der Waals surface area (Å²) in [6.07, 6.45) is 2.18. The number of benzene rings is 1. The second kappa shape index (κ2) is 6.78. The maximum atomic E-state index is 12.5. The zero-order chi connectivity index (χ0) is 17.1. The first kappa shape index (κ1) is 16.1. The van der Waals surface area contributed by atoms with E-state index in [0.29, 0.717) is 23.4 Å². The van der Waals surface area contributed by atoms with Crippen LogP contribution in [0.5, 0.6) is 0 Å². The number of aryl methyl sites for hydroxylation is 2. The van der Waals surface area contributed by atoms with E-state index in [1.807, 2.05) is 31.2 Å². The second-order valence-corrected chi connectivity index (χ2v) is 5.84. The normalized spacial score (nSPS) is 14.1. The number of carbonyl (C=O) groups excluding carboxylic acids is 2. The zero-order valence-corrected chi connectivity index (χ0v) is 13.9. The van der Waals surface area contributed by atoms with Gasteiger partial charge >= 0.3 is 0 Å². The molecule has 0 spiro atoms. The van der Waals surface area contributed by atoms with Crippen LogP contribution in [-0.2, 0) is 11.2 Å². The summed E-state index contributed by atoms with van der Waals surface area (Å²) >= 11 is 0. The Morgan fingerprint density at radius 1 is 1.29 bits per heavy atom. The third-order valence-corrected chi connectivity index (χ3v) is 4.13. The number of nitrogens with zero attached hydrogens (tertiary/aromatic N) is 3. The topological polar surface area (TPSA) is 75.2 Å². The number of carbonyl (C=O) groups is 2. The van der Waals surface area contributed by atoms with Crippen LogP contribution in [-0.4, -0.2) is 28.6 Å². The van der Waals surface area contributed by atoms with Crippen molar-refractivity contribution in [3.8, 4) is 0 Å². The number of anilines is 2. The van der Waals surface area contributed by atoms with Crippen LogP contribution in [0, 0.1) is 6.92 Å². The number of rotatable bonds is 4. The SMILES string of the molecule is CCc1cc(C(=O)Nc2cccc(N3CCCC3=O)c2)c(C)nn1. The Kier molecular flexibility index (Phi) is 4.55. The van der Waals surface area contributed by atoms with Gasteiger partial charge in [0.1, 0.15) is 0 Å². The number of amides is 2. The molecule has 0 atom stereocenters. The fourth-order valence-electron chi connectivity index (χ4n) is 2.77. The van der Waals surface area contributed by atoms with Gasteiger partial charge in [-0.25, -0.2) is 0 Å². The summed E-state index contributed by atoms with van der Waals surface area (Å²) in [5.41, 5.74) is 3.36. The highest BCUT2D eigenvalue weighted by Gasteiger charge is 2.22. The lowest BCUT2D eigenvalue weighted by Crippen LogP contribution is -2.23. The minimum atomic E-state index is -0.220. The molecule has 6 heteroatoms. The molecule has 2 amide bonds. The molecule has 124 valence electrons. The summed E-state index contributed by atoms with van der Waals surface area (Å²) in [5.74, 6) is -0.0951. The number of aromatic nitrogens is 2. The molecule has 0 saturated carbocycles. The van der Waals surface area contributed by atoms with Crippen LogP contribution >= 0.6 is 0 Å². The minimum absolute atomic E-state index is 0.125. The van der Waals surface area contributed by atoms with Gasteiger partial charge in [-0.3, -0.25) is 9.59 Å². The largest absolute Gasteiger partial charge is 0.322 e. The monoisotopic (exact) mass is 324 g/mol. The van der Waals surface area contributed by atoms with Gasteiger partial charge in [0.15, 0.2) is 0 Å². The molecule has 0 unspecified atom stereocenters. The molecule has 1 N–H and O–H groups in total. The minimum Gasteiger partial charge on any atom is -0.322 e. The Morgan fingerprint density at radius 3 is 2.83 bits per heavy atom. The summed E-state index contributed by atoms with van der Waals surface area (Å²) in [6.45, 7) is 4.46. The van der Waals surface area contributed by atoms with Gasteiger partial charge in [0.2, 0.25) is 5.91 Å². The van der Waals surface area contributed by atoms with Crippen LogP contribution in [0.2, 0.25) is 0 Å². The molecule has 0 bridgehead atoms. The van der Waals surface area contributed by atoms with Crippen molar-refractivity contribution in [2.24, 2.45) is 0 Å². The molecule has 2 aromatic rings. The maximum Gasteiger partial charge on any atom is 0.257 e. The first-order chi connectivity index (χ1) is 11.6. The van der Waals surface area contributed by atoms with Gasteiger partial charge in [0, 0.05) is 24.3 Å². The lowest BCUT2D eigenvalue weighted by molar-refractivity contribution is -0.117. The first-order valence-electron chi connectivity index (χ1n) is 8.13. The molecule has 24 heavy (non-hydrogen) atoms. The van der Waals surface area contributed by atoms with Crippen molar-refractivity contribution in [1.29, 1.82) is 0 Å². The smallest absolute Gasteiger partial charge is 0.257 e. The molecule has 2 heterocycles. The summed E-state index contributed by atoms with van der Waals surface area (Å²) < 4.78 is 0. The van der Waals surface area contributed by atoms with E-state index in [4.69, 9.17) is 0 Å². The molecule has 0 aliphatic carbocycles. The Balaban J connectivity index is 1.81. The van der Waals surface area contributed by atoms with Crippen LogP contribution < -0.4 is 10.2 Å². The van der Waals surface area contributed by atoms with Gasteiger partial charge in [-0.2, -0.15) is 10.2 Å². The molecule has 3 rings (SSSR count). The Bertz CT molecular complexity index is 788. The summed E-state index contributed by atoms with van der Waals surface area (Å²) in [7, 11) is 0. The average molecular weight is 324 g/mol. The van der Waals surface area contributed by atoms with Crippen molar-refractivity contribution in [3.05, 3.63) is 47.3 Å². The van der Waals surface area contributed by atoms with E-state index >= 15 is 0 Å². The van der Waals surface area contributed by atoms with Crippen molar-refractivity contribution in [2.75, 3.05) is 16.8 Å². The van der Waals surface area contributed by atoms with Crippen molar-refractivity contribution in [2.45, 2.75) is 33.1 Å². The van der Waals surface area contributed by atoms with Gasteiger partial charge in [0.05, 0.1) is 17.0 Å². The van der Waals surface area contributed by atoms with E-state index in [0.717, 1.165) is 30.8 Å². The molecule has 1 aromatic carbocycles. The molecule has 1 saturated heterocycles. The first-order valence-corrected chi connectivity index (χ1v) is 8.13. The predicted molar refractivity (Wildman–Crippen MR) is 92.1 cm³/mol. The summed E-state index contributed by atoms with van der Waals surface area (Å²) in [6, 6.07) is 9.13. The van der Waals surface area contributed by atoms with Gasteiger partial charge in [-0.05, 0) is 44.0 Å². The van der Waals surface area contributed by atoms with Gasteiger partial charge in [-0.15, -0.1) is 0 Å². The Labute approximate surface area is 140 Å². The van der Waals surface area contributed by atoms with Gasteiger partial charge in [-0.1, -0.05) is 13.0 Å². The second-order valence-electron chi connectivity index (χ2n) is 5.84. The highest BCUT2D eigenvalue weighted by molar-refractivity contribution is 6.05. The van der Waals surface area contributed by atoms with E-state index in [1.165, 1.54) is 0 Å². The van der Waals surface area contributed by atoms with Crippen LogP contribution in [0.3, 0.4) is 0 Å². The molecule has 0 radical (unpaired) electrons. The number of hydrogen-bond acceptors (Lipinski definition) is 4. The summed E-state index contributed by atoms with van der Waals surface area (Å²) in [4.78, 5) is 26.2. The lowest BCUT2D eigenvalue weighted by atomic mass is 10.1. The van der Waals surface area contributed by atoms with Crippen LogP contribution in [0.4, 0.5) is 11.4 Å². The molecule has 1 aliphatic rings.